The molecular weight excluding hydrogens is 372 g/mol. The Labute approximate surface area is 159 Å². The number of amides is 1. The van der Waals surface area contributed by atoms with Gasteiger partial charge in [-0.25, -0.2) is 9.97 Å². The molecule has 1 saturated heterocycles. The molecule has 1 aliphatic heterocycles. The normalized spacial score (nSPS) is 14.8. The Morgan fingerprint density at radius 1 is 1.31 bits per heavy atom. The quantitative estimate of drug-likeness (QED) is 0.572. The first kappa shape index (κ1) is 18.5. The molecular formula is C15H18N8OS2. The van der Waals surface area contributed by atoms with Crippen LogP contribution in [-0.4, -0.2) is 69.4 Å². The topological polar surface area (TPSA) is 111 Å². The van der Waals surface area contributed by atoms with Gasteiger partial charge >= 0.3 is 0 Å². The molecule has 0 spiro atoms. The molecule has 0 aliphatic carbocycles. The molecule has 2 aromatic heterocycles. The first-order valence-corrected chi connectivity index (χ1v) is 9.94. The summed E-state index contributed by atoms with van der Waals surface area (Å²) >= 11 is 2.99. The zero-order valence-electron chi connectivity index (χ0n) is 14.3. The molecule has 1 N–H and O–H groups in total. The zero-order chi connectivity index (χ0) is 18.4. The number of hydrogen-bond donors (Lipinski definition) is 1. The third-order valence-electron chi connectivity index (χ3n) is 3.74. The molecule has 0 bridgehead atoms. The van der Waals surface area contributed by atoms with Gasteiger partial charge in [-0.3, -0.25) is 15.0 Å². The predicted octanol–water partition coefficient (Wildman–Crippen LogP) is 1.07. The van der Waals surface area contributed by atoms with E-state index in [1.807, 2.05) is 11.8 Å². The van der Waals surface area contributed by atoms with Crippen molar-refractivity contribution in [3.8, 4) is 6.07 Å². The molecule has 136 valence electrons. The number of rotatable bonds is 6. The second-order valence-electron chi connectivity index (χ2n) is 5.46. The second kappa shape index (κ2) is 8.88. The van der Waals surface area contributed by atoms with Crippen molar-refractivity contribution in [2.75, 3.05) is 48.7 Å². The standard InChI is InChI=1S/C15H18N8OS2/c1-2-25-15-21-20-14(26-15)19-12(24)10-22-5-7-23(8-6-22)13-11(9-16)17-3-4-18-13/h3-4H,2,5-8,10H2,1H3,(H,19,20,24). The fourth-order valence-electron chi connectivity index (χ4n) is 2.56. The van der Waals surface area contributed by atoms with Gasteiger partial charge in [0.2, 0.25) is 11.0 Å². The summed E-state index contributed by atoms with van der Waals surface area (Å²) in [5, 5.41) is 20.5. The summed E-state index contributed by atoms with van der Waals surface area (Å²) in [6, 6.07) is 2.07. The number of nitrogens with one attached hydrogen (secondary N) is 1. The van der Waals surface area contributed by atoms with Gasteiger partial charge in [0.15, 0.2) is 15.9 Å². The average Bonchev–Trinajstić information content (AvgIpc) is 3.09. The third-order valence-corrected chi connectivity index (χ3v) is 5.60. The van der Waals surface area contributed by atoms with Crippen molar-refractivity contribution in [3.63, 3.8) is 0 Å². The van der Waals surface area contributed by atoms with Gasteiger partial charge in [0.25, 0.3) is 0 Å². The fourth-order valence-corrected chi connectivity index (χ4v) is 4.23. The van der Waals surface area contributed by atoms with Gasteiger partial charge in [-0.05, 0) is 5.75 Å². The minimum absolute atomic E-state index is 0.0973. The molecule has 0 atom stereocenters. The van der Waals surface area contributed by atoms with Crippen LogP contribution >= 0.6 is 23.1 Å². The van der Waals surface area contributed by atoms with E-state index in [1.54, 1.807) is 18.0 Å². The smallest absolute Gasteiger partial charge is 0.240 e. The van der Waals surface area contributed by atoms with Crippen molar-refractivity contribution in [1.82, 2.24) is 25.1 Å². The Hall–Kier alpha value is -2.29. The van der Waals surface area contributed by atoms with Gasteiger partial charge in [0.05, 0.1) is 6.54 Å². The zero-order valence-corrected chi connectivity index (χ0v) is 15.9. The first-order chi connectivity index (χ1) is 12.7. The molecule has 0 saturated carbocycles. The van der Waals surface area contributed by atoms with Crippen LogP contribution < -0.4 is 10.2 Å². The van der Waals surface area contributed by atoms with Crippen molar-refractivity contribution < 1.29 is 4.79 Å². The van der Waals surface area contributed by atoms with E-state index in [1.165, 1.54) is 17.5 Å². The number of aromatic nitrogens is 4. The maximum Gasteiger partial charge on any atom is 0.240 e. The average molecular weight is 390 g/mol. The van der Waals surface area contributed by atoms with Crippen LogP contribution in [0.3, 0.4) is 0 Å². The molecule has 0 aromatic carbocycles. The van der Waals surface area contributed by atoms with E-state index in [2.05, 4.69) is 36.5 Å². The van der Waals surface area contributed by atoms with Crippen molar-refractivity contribution in [1.29, 1.82) is 5.26 Å². The van der Waals surface area contributed by atoms with Crippen LogP contribution in [0.2, 0.25) is 0 Å². The number of nitriles is 1. The molecule has 0 unspecified atom stereocenters. The summed E-state index contributed by atoms with van der Waals surface area (Å²) in [7, 11) is 0. The van der Waals surface area contributed by atoms with Gasteiger partial charge in [-0.1, -0.05) is 30.0 Å². The number of hydrogen-bond acceptors (Lipinski definition) is 10. The largest absolute Gasteiger partial charge is 0.352 e. The summed E-state index contributed by atoms with van der Waals surface area (Å²) in [4.78, 5) is 24.6. The SMILES string of the molecule is CCSc1nnc(NC(=O)CN2CCN(c3nccnc3C#N)CC2)s1. The Bertz CT molecular complexity index is 797. The monoisotopic (exact) mass is 390 g/mol. The van der Waals surface area contributed by atoms with E-state index in [4.69, 9.17) is 5.26 Å². The van der Waals surface area contributed by atoms with Crippen LogP contribution in [0.5, 0.6) is 0 Å². The number of nitrogens with zero attached hydrogens (tertiary/aromatic N) is 7. The van der Waals surface area contributed by atoms with Crippen LogP contribution in [0.15, 0.2) is 16.7 Å². The van der Waals surface area contributed by atoms with Crippen LogP contribution in [-0.2, 0) is 4.79 Å². The molecule has 0 radical (unpaired) electrons. The van der Waals surface area contributed by atoms with Gasteiger partial charge in [-0.2, -0.15) is 5.26 Å². The van der Waals surface area contributed by atoms with Crippen molar-refractivity contribution in [3.05, 3.63) is 18.1 Å². The van der Waals surface area contributed by atoms with E-state index >= 15 is 0 Å². The molecule has 3 rings (SSSR count). The predicted molar refractivity (Wildman–Crippen MR) is 100 cm³/mol. The van der Waals surface area contributed by atoms with E-state index in [0.29, 0.717) is 49.4 Å². The number of thioether (sulfide) groups is 1. The highest BCUT2D eigenvalue weighted by molar-refractivity contribution is 8.01. The van der Waals surface area contributed by atoms with Gasteiger partial charge in [0.1, 0.15) is 6.07 Å². The number of anilines is 2. The fraction of sp³-hybridized carbons (Fsp3) is 0.467. The first-order valence-electron chi connectivity index (χ1n) is 8.14. The maximum atomic E-state index is 12.2. The lowest BCUT2D eigenvalue weighted by Gasteiger charge is -2.34. The molecule has 3 heterocycles. The van der Waals surface area contributed by atoms with E-state index < -0.39 is 0 Å². The van der Waals surface area contributed by atoms with Gasteiger partial charge in [0, 0.05) is 38.6 Å². The molecule has 26 heavy (non-hydrogen) atoms. The van der Waals surface area contributed by atoms with Gasteiger partial charge < -0.3 is 4.90 Å². The molecule has 1 fully saturated rings. The highest BCUT2D eigenvalue weighted by atomic mass is 32.2. The Kier molecular flexibility index (Phi) is 6.32. The van der Waals surface area contributed by atoms with E-state index in [0.717, 1.165) is 10.1 Å². The van der Waals surface area contributed by atoms with Crippen LogP contribution in [0, 0.1) is 11.3 Å². The van der Waals surface area contributed by atoms with Crippen molar-refractivity contribution in [2.24, 2.45) is 0 Å². The lowest BCUT2D eigenvalue weighted by Crippen LogP contribution is -2.49. The number of carbonyl (C=O) groups excluding carboxylic acids is 1. The van der Waals surface area contributed by atoms with E-state index in [9.17, 15) is 4.79 Å². The number of carbonyl (C=O) groups is 1. The van der Waals surface area contributed by atoms with Crippen molar-refractivity contribution >= 4 is 40.0 Å². The molecule has 1 aliphatic rings. The van der Waals surface area contributed by atoms with Gasteiger partial charge in [-0.15, -0.1) is 10.2 Å². The Morgan fingerprint density at radius 2 is 2.08 bits per heavy atom. The molecule has 11 heteroatoms. The molecule has 2 aromatic rings. The lowest BCUT2D eigenvalue weighted by molar-refractivity contribution is -0.117. The van der Waals surface area contributed by atoms with Crippen LogP contribution in [0.25, 0.3) is 0 Å². The molecule has 1 amide bonds. The Balaban J connectivity index is 1.49. The Morgan fingerprint density at radius 3 is 2.81 bits per heavy atom. The summed E-state index contributed by atoms with van der Waals surface area (Å²) < 4.78 is 0.855. The highest BCUT2D eigenvalue weighted by Gasteiger charge is 2.22. The van der Waals surface area contributed by atoms with Crippen molar-refractivity contribution in [2.45, 2.75) is 11.3 Å². The summed E-state index contributed by atoms with van der Waals surface area (Å²) in [5.74, 6) is 1.43. The highest BCUT2D eigenvalue weighted by Crippen LogP contribution is 2.25. The summed E-state index contributed by atoms with van der Waals surface area (Å²) in [5.41, 5.74) is 0.329. The van der Waals surface area contributed by atoms with Crippen LogP contribution in [0.1, 0.15) is 12.6 Å². The third kappa shape index (κ3) is 4.66. The number of piperazine rings is 1. The lowest BCUT2D eigenvalue weighted by atomic mass is 10.3. The van der Waals surface area contributed by atoms with Crippen LogP contribution in [0.4, 0.5) is 10.9 Å². The minimum atomic E-state index is -0.0973. The second-order valence-corrected chi connectivity index (χ2v) is 7.95. The summed E-state index contributed by atoms with van der Waals surface area (Å²) in [6.07, 6.45) is 3.10. The molecule has 9 nitrogen and oxygen atoms in total. The van der Waals surface area contributed by atoms with E-state index in [-0.39, 0.29) is 5.91 Å². The summed E-state index contributed by atoms with van der Waals surface area (Å²) in [6.45, 7) is 5.15. The minimum Gasteiger partial charge on any atom is -0.352 e. The maximum absolute atomic E-state index is 12.2.